The number of thioether (sulfide) groups is 1. The van der Waals surface area contributed by atoms with E-state index in [0.29, 0.717) is 17.7 Å². The molecule has 0 aliphatic carbocycles. The molecule has 0 aromatic heterocycles. The highest BCUT2D eigenvalue weighted by Gasteiger charge is 2.57. The van der Waals surface area contributed by atoms with Crippen LogP contribution in [-0.4, -0.2) is 64.3 Å². The highest BCUT2D eigenvalue weighted by atomic mass is 32.2. The van der Waals surface area contributed by atoms with E-state index in [1.807, 2.05) is 0 Å². The first kappa shape index (κ1) is 15.8. The lowest BCUT2D eigenvalue weighted by molar-refractivity contribution is -0.161. The van der Waals surface area contributed by atoms with Gasteiger partial charge in [-0.1, -0.05) is 0 Å². The third-order valence-electron chi connectivity index (χ3n) is 4.39. The van der Waals surface area contributed by atoms with Gasteiger partial charge >= 0.3 is 5.97 Å². The first-order chi connectivity index (χ1) is 10.2. The molecule has 122 valence electrons. The standard InChI is InChI=1S/C13H17NO6S2/c1-6(15)10-8-4-9(11(13(17)18)14(8)12(10)16)21-7-2-3-22(19,20)5-7/h6-8,10,15H,2-5H2,1H3,(H,17,18)/t6?,7?,8-,10-/m1/s1. The zero-order chi connectivity index (χ0) is 16.2. The Morgan fingerprint density at radius 3 is 2.64 bits per heavy atom. The molecule has 0 bridgehead atoms. The van der Waals surface area contributed by atoms with Crippen LogP contribution in [0.4, 0.5) is 0 Å². The molecule has 0 spiro atoms. The van der Waals surface area contributed by atoms with E-state index >= 15 is 0 Å². The second-order valence-corrected chi connectivity index (χ2v) is 9.59. The van der Waals surface area contributed by atoms with E-state index in [1.54, 1.807) is 0 Å². The Hall–Kier alpha value is -1.06. The lowest BCUT2D eigenvalue weighted by atomic mass is 9.83. The lowest BCUT2D eigenvalue weighted by Gasteiger charge is -2.44. The van der Waals surface area contributed by atoms with Crippen molar-refractivity contribution in [3.63, 3.8) is 0 Å². The van der Waals surface area contributed by atoms with E-state index in [2.05, 4.69) is 0 Å². The van der Waals surface area contributed by atoms with Crippen molar-refractivity contribution in [3.05, 3.63) is 10.6 Å². The van der Waals surface area contributed by atoms with Crippen molar-refractivity contribution in [1.29, 1.82) is 0 Å². The number of aliphatic hydroxyl groups is 1. The summed E-state index contributed by atoms with van der Waals surface area (Å²) in [7, 11) is -3.03. The minimum atomic E-state index is -3.03. The van der Waals surface area contributed by atoms with Crippen molar-refractivity contribution in [3.8, 4) is 0 Å². The van der Waals surface area contributed by atoms with E-state index in [1.165, 1.54) is 23.6 Å². The minimum Gasteiger partial charge on any atom is -0.477 e. The molecule has 2 N–H and O–H groups in total. The summed E-state index contributed by atoms with van der Waals surface area (Å²) in [5.41, 5.74) is -0.0406. The Morgan fingerprint density at radius 2 is 2.14 bits per heavy atom. The normalized spacial score (nSPS) is 34.5. The van der Waals surface area contributed by atoms with Crippen molar-refractivity contribution in [2.75, 3.05) is 11.5 Å². The van der Waals surface area contributed by atoms with Gasteiger partial charge in [0, 0.05) is 16.6 Å². The maximum Gasteiger partial charge on any atom is 0.353 e. The number of aliphatic hydroxyl groups excluding tert-OH is 1. The number of carbonyl (C=O) groups is 2. The van der Waals surface area contributed by atoms with Gasteiger partial charge in [0.25, 0.3) is 0 Å². The second-order valence-electron chi connectivity index (χ2n) is 5.97. The second kappa shape index (κ2) is 5.24. The van der Waals surface area contributed by atoms with Gasteiger partial charge in [-0.3, -0.25) is 4.79 Å². The van der Waals surface area contributed by atoms with E-state index in [0.717, 1.165) is 0 Å². The predicted molar refractivity (Wildman–Crippen MR) is 79.7 cm³/mol. The molecule has 7 nitrogen and oxygen atoms in total. The molecule has 1 amide bonds. The zero-order valence-electron chi connectivity index (χ0n) is 11.9. The van der Waals surface area contributed by atoms with Crippen LogP contribution >= 0.6 is 11.8 Å². The number of fused-ring (bicyclic) bond motifs is 1. The monoisotopic (exact) mass is 347 g/mol. The maximum absolute atomic E-state index is 12.0. The number of hydrogen-bond donors (Lipinski definition) is 2. The molecule has 0 saturated carbocycles. The topological polar surface area (TPSA) is 112 Å². The molecule has 0 radical (unpaired) electrons. The van der Waals surface area contributed by atoms with Gasteiger partial charge in [-0.2, -0.15) is 0 Å². The number of hydrogen-bond acceptors (Lipinski definition) is 6. The number of nitrogens with zero attached hydrogens (tertiary/aromatic N) is 1. The quantitative estimate of drug-likeness (QED) is 0.678. The summed E-state index contributed by atoms with van der Waals surface area (Å²) in [6.45, 7) is 1.52. The summed E-state index contributed by atoms with van der Waals surface area (Å²) in [6, 6.07) is -0.320. The van der Waals surface area contributed by atoms with Crippen LogP contribution < -0.4 is 0 Å². The fraction of sp³-hybridized carbons (Fsp3) is 0.692. The Bertz CT molecular complexity index is 668. The molecule has 3 aliphatic rings. The van der Waals surface area contributed by atoms with Gasteiger partial charge in [-0.25, -0.2) is 13.2 Å². The molecule has 4 atom stereocenters. The largest absolute Gasteiger partial charge is 0.477 e. The Labute approximate surface area is 132 Å². The van der Waals surface area contributed by atoms with Gasteiger partial charge < -0.3 is 15.1 Å². The van der Waals surface area contributed by atoms with Crippen LogP contribution in [0, 0.1) is 5.92 Å². The molecule has 0 aromatic carbocycles. The van der Waals surface area contributed by atoms with Crippen LogP contribution in [0.15, 0.2) is 10.6 Å². The smallest absolute Gasteiger partial charge is 0.353 e. The Balaban J connectivity index is 1.82. The third kappa shape index (κ3) is 2.44. The number of aliphatic carboxylic acids is 1. The Morgan fingerprint density at radius 1 is 1.45 bits per heavy atom. The van der Waals surface area contributed by atoms with E-state index in [9.17, 15) is 28.2 Å². The molecule has 2 unspecified atom stereocenters. The van der Waals surface area contributed by atoms with Crippen LogP contribution in [0.25, 0.3) is 0 Å². The van der Waals surface area contributed by atoms with Crippen molar-refractivity contribution in [2.24, 2.45) is 5.92 Å². The van der Waals surface area contributed by atoms with E-state index in [4.69, 9.17) is 0 Å². The number of β-lactam (4-membered cyclic amide) rings is 1. The summed E-state index contributed by atoms with van der Waals surface area (Å²) in [6.07, 6.45) is 0.0615. The molecule has 9 heteroatoms. The minimum absolute atomic E-state index is 0.0406. The molecule has 3 aliphatic heterocycles. The molecule has 3 heterocycles. The van der Waals surface area contributed by atoms with Gasteiger partial charge in [0.15, 0.2) is 9.84 Å². The van der Waals surface area contributed by atoms with Crippen molar-refractivity contribution >= 4 is 33.5 Å². The van der Waals surface area contributed by atoms with E-state index < -0.39 is 27.8 Å². The molecule has 3 rings (SSSR count). The van der Waals surface area contributed by atoms with Gasteiger partial charge in [0.05, 0.1) is 29.6 Å². The van der Waals surface area contributed by atoms with Crippen LogP contribution in [0.2, 0.25) is 0 Å². The molecule has 2 saturated heterocycles. The molecule has 2 fully saturated rings. The summed E-state index contributed by atoms with van der Waals surface area (Å²) < 4.78 is 23.0. The molecule has 22 heavy (non-hydrogen) atoms. The summed E-state index contributed by atoms with van der Waals surface area (Å²) in [5.74, 6) is -1.94. The fourth-order valence-corrected chi connectivity index (χ4v) is 7.18. The number of sulfone groups is 1. The zero-order valence-corrected chi connectivity index (χ0v) is 13.6. The molecular weight excluding hydrogens is 330 g/mol. The third-order valence-corrected chi connectivity index (χ3v) is 7.75. The van der Waals surface area contributed by atoms with Crippen LogP contribution in [0.1, 0.15) is 19.8 Å². The maximum atomic E-state index is 12.0. The number of carbonyl (C=O) groups excluding carboxylic acids is 1. The van der Waals surface area contributed by atoms with Gasteiger partial charge in [0.2, 0.25) is 5.91 Å². The Kier molecular flexibility index (Phi) is 3.77. The molecular formula is C13H17NO6S2. The van der Waals surface area contributed by atoms with Crippen molar-refractivity contribution < 1.29 is 28.2 Å². The molecule has 0 aromatic rings. The van der Waals surface area contributed by atoms with Crippen molar-refractivity contribution in [1.82, 2.24) is 4.90 Å². The summed E-state index contributed by atoms with van der Waals surface area (Å²) in [4.78, 5) is 25.3. The first-order valence-corrected chi connectivity index (χ1v) is 9.76. The average Bonchev–Trinajstić information content (AvgIpc) is 2.87. The fourth-order valence-electron chi connectivity index (χ4n) is 3.39. The van der Waals surface area contributed by atoms with Gasteiger partial charge in [-0.05, 0) is 13.3 Å². The predicted octanol–water partition coefficient (Wildman–Crippen LogP) is -0.186. The highest BCUT2D eigenvalue weighted by Crippen LogP contribution is 2.48. The number of carboxylic acid groups (broad SMARTS) is 1. The first-order valence-electron chi connectivity index (χ1n) is 7.06. The summed E-state index contributed by atoms with van der Waals surface area (Å²) >= 11 is 1.26. The SMILES string of the molecule is CC(O)[C@H]1C(=O)N2C(C(=O)O)=C(SC3CCS(=O)(=O)C3)C[C@H]12. The van der Waals surface area contributed by atoms with Crippen LogP contribution in [-0.2, 0) is 19.4 Å². The van der Waals surface area contributed by atoms with Crippen molar-refractivity contribution in [2.45, 2.75) is 37.2 Å². The summed E-state index contributed by atoms with van der Waals surface area (Å²) in [5, 5.41) is 18.9. The highest BCUT2D eigenvalue weighted by molar-refractivity contribution is 8.05. The van der Waals surface area contributed by atoms with Gasteiger partial charge in [0.1, 0.15) is 5.70 Å². The van der Waals surface area contributed by atoms with Crippen LogP contribution in [0.5, 0.6) is 0 Å². The van der Waals surface area contributed by atoms with E-state index in [-0.39, 0.29) is 34.4 Å². The number of rotatable bonds is 4. The average molecular weight is 347 g/mol. The van der Waals surface area contributed by atoms with Gasteiger partial charge in [-0.15, -0.1) is 11.8 Å². The lowest BCUT2D eigenvalue weighted by Crippen LogP contribution is -2.61. The van der Waals surface area contributed by atoms with Crippen LogP contribution in [0.3, 0.4) is 0 Å². The number of carboxylic acids is 1. The number of amides is 1.